The summed E-state index contributed by atoms with van der Waals surface area (Å²) in [6.07, 6.45) is 0.902. The Kier molecular flexibility index (Phi) is 4.78. The minimum absolute atomic E-state index is 0.0239. The predicted molar refractivity (Wildman–Crippen MR) is 83.4 cm³/mol. The van der Waals surface area contributed by atoms with Gasteiger partial charge in [-0.1, -0.05) is 6.92 Å². The van der Waals surface area contributed by atoms with Crippen molar-refractivity contribution in [3.63, 3.8) is 0 Å². The lowest BCUT2D eigenvalue weighted by atomic mass is 10.0. The van der Waals surface area contributed by atoms with Gasteiger partial charge in [0.25, 0.3) is 0 Å². The number of piperazine rings is 1. The fraction of sp³-hybridized carbons (Fsp3) is 0.714. The van der Waals surface area contributed by atoms with Gasteiger partial charge < -0.3 is 10.6 Å². The van der Waals surface area contributed by atoms with Crippen LogP contribution in [0.4, 0.5) is 5.13 Å². The van der Waals surface area contributed by atoms with Gasteiger partial charge in [-0.2, -0.15) is 0 Å². The maximum atomic E-state index is 12.5. The molecule has 0 unspecified atom stereocenters. The van der Waals surface area contributed by atoms with Gasteiger partial charge in [-0.25, -0.2) is 4.98 Å². The van der Waals surface area contributed by atoms with Gasteiger partial charge in [-0.3, -0.25) is 9.69 Å². The first-order valence-electron chi connectivity index (χ1n) is 7.18. The third-order valence-electron chi connectivity index (χ3n) is 3.91. The van der Waals surface area contributed by atoms with Crippen LogP contribution in [0.15, 0.2) is 0 Å². The fourth-order valence-electron chi connectivity index (χ4n) is 2.43. The van der Waals surface area contributed by atoms with E-state index in [1.54, 1.807) is 11.3 Å². The molecule has 20 heavy (non-hydrogen) atoms. The number of thiazole rings is 1. The minimum Gasteiger partial charge on any atom is -0.314 e. The van der Waals surface area contributed by atoms with Crippen molar-refractivity contribution in [2.75, 3.05) is 31.5 Å². The Hall–Kier alpha value is -0.980. The standard InChI is InChI=1S/C14H24N4OS/c1-5-11-10(2)20-13(16-11)17-12(19)14(3,4)18-8-6-15-7-9-18/h15H,5-9H2,1-4H3,(H,16,17,19). The molecule has 1 aliphatic rings. The largest absolute Gasteiger partial charge is 0.314 e. The average Bonchev–Trinajstić information content (AvgIpc) is 2.79. The summed E-state index contributed by atoms with van der Waals surface area (Å²) in [7, 11) is 0. The van der Waals surface area contributed by atoms with Gasteiger partial charge in [0.05, 0.1) is 11.2 Å². The number of amides is 1. The molecular formula is C14H24N4OS. The molecule has 1 aliphatic heterocycles. The van der Waals surface area contributed by atoms with Gasteiger partial charge in [-0.15, -0.1) is 11.3 Å². The topological polar surface area (TPSA) is 57.3 Å². The normalized spacial score (nSPS) is 17.2. The van der Waals surface area contributed by atoms with Gasteiger partial charge in [-0.05, 0) is 27.2 Å². The predicted octanol–water partition coefficient (Wildman–Crippen LogP) is 1.64. The van der Waals surface area contributed by atoms with E-state index in [-0.39, 0.29) is 5.91 Å². The molecule has 1 amide bonds. The van der Waals surface area contributed by atoms with Crippen molar-refractivity contribution in [2.45, 2.75) is 39.7 Å². The quantitative estimate of drug-likeness (QED) is 0.887. The third-order valence-corrected chi connectivity index (χ3v) is 4.84. The molecule has 2 heterocycles. The van der Waals surface area contributed by atoms with E-state index in [1.807, 2.05) is 20.8 Å². The van der Waals surface area contributed by atoms with E-state index in [1.165, 1.54) is 4.88 Å². The molecule has 0 aliphatic carbocycles. The molecule has 6 heteroatoms. The summed E-state index contributed by atoms with van der Waals surface area (Å²) < 4.78 is 0. The lowest BCUT2D eigenvalue weighted by Crippen LogP contribution is -2.58. The fourth-order valence-corrected chi connectivity index (χ4v) is 3.32. The zero-order valence-corrected chi connectivity index (χ0v) is 13.6. The van der Waals surface area contributed by atoms with Gasteiger partial charge in [0.1, 0.15) is 0 Å². The van der Waals surface area contributed by atoms with E-state index in [4.69, 9.17) is 0 Å². The highest BCUT2D eigenvalue weighted by molar-refractivity contribution is 7.15. The first-order valence-corrected chi connectivity index (χ1v) is 8.00. The number of carbonyl (C=O) groups is 1. The number of carbonyl (C=O) groups excluding carboxylic acids is 1. The number of hydrogen-bond donors (Lipinski definition) is 2. The second-order valence-electron chi connectivity index (χ2n) is 5.63. The molecule has 112 valence electrons. The lowest BCUT2D eigenvalue weighted by molar-refractivity contribution is -0.126. The average molecular weight is 296 g/mol. The second kappa shape index (κ2) is 6.20. The van der Waals surface area contributed by atoms with Gasteiger partial charge in [0.15, 0.2) is 5.13 Å². The van der Waals surface area contributed by atoms with Crippen LogP contribution < -0.4 is 10.6 Å². The van der Waals surface area contributed by atoms with Crippen LogP contribution in [0, 0.1) is 6.92 Å². The van der Waals surface area contributed by atoms with E-state index >= 15 is 0 Å². The van der Waals surface area contributed by atoms with Crippen molar-refractivity contribution < 1.29 is 4.79 Å². The summed E-state index contributed by atoms with van der Waals surface area (Å²) in [5.74, 6) is 0.0239. The van der Waals surface area contributed by atoms with E-state index in [9.17, 15) is 4.79 Å². The molecule has 0 bridgehead atoms. The van der Waals surface area contributed by atoms with Crippen LogP contribution in [0.2, 0.25) is 0 Å². The maximum Gasteiger partial charge on any atom is 0.246 e. The van der Waals surface area contributed by atoms with Crippen LogP contribution in [0.25, 0.3) is 0 Å². The van der Waals surface area contributed by atoms with E-state index in [2.05, 4.69) is 27.4 Å². The Bertz CT molecular complexity index is 478. The SMILES string of the molecule is CCc1nc(NC(=O)C(C)(C)N2CCNCC2)sc1C. The van der Waals surface area contributed by atoms with E-state index in [0.717, 1.165) is 38.3 Å². The number of hydrogen-bond acceptors (Lipinski definition) is 5. The molecule has 2 N–H and O–H groups in total. The van der Waals surface area contributed by atoms with Crippen molar-refractivity contribution in [3.05, 3.63) is 10.6 Å². The van der Waals surface area contributed by atoms with Crippen LogP contribution in [-0.2, 0) is 11.2 Å². The summed E-state index contributed by atoms with van der Waals surface area (Å²) in [5.41, 5.74) is 0.568. The van der Waals surface area contributed by atoms with E-state index in [0.29, 0.717) is 5.13 Å². The van der Waals surface area contributed by atoms with Crippen molar-refractivity contribution >= 4 is 22.4 Å². The van der Waals surface area contributed by atoms with Crippen LogP contribution >= 0.6 is 11.3 Å². The molecule has 1 fully saturated rings. The molecule has 1 saturated heterocycles. The number of anilines is 1. The Morgan fingerprint density at radius 2 is 2.10 bits per heavy atom. The number of rotatable bonds is 4. The molecule has 0 saturated carbocycles. The van der Waals surface area contributed by atoms with Gasteiger partial charge in [0.2, 0.25) is 5.91 Å². The molecule has 0 spiro atoms. The van der Waals surface area contributed by atoms with Gasteiger partial charge in [0, 0.05) is 31.1 Å². The van der Waals surface area contributed by atoms with Crippen LogP contribution in [0.3, 0.4) is 0 Å². The smallest absolute Gasteiger partial charge is 0.246 e. The highest BCUT2D eigenvalue weighted by Crippen LogP contribution is 2.24. The van der Waals surface area contributed by atoms with Crippen LogP contribution in [0.1, 0.15) is 31.3 Å². The number of aromatic nitrogens is 1. The summed E-state index contributed by atoms with van der Waals surface area (Å²) in [5, 5.41) is 7.01. The first kappa shape index (κ1) is 15.4. The molecule has 5 nitrogen and oxygen atoms in total. The van der Waals surface area contributed by atoms with Crippen molar-refractivity contribution in [3.8, 4) is 0 Å². The number of nitrogens with zero attached hydrogens (tertiary/aromatic N) is 2. The Morgan fingerprint density at radius 1 is 1.45 bits per heavy atom. The first-order chi connectivity index (χ1) is 9.45. The lowest BCUT2D eigenvalue weighted by Gasteiger charge is -2.39. The minimum atomic E-state index is -0.506. The van der Waals surface area contributed by atoms with E-state index < -0.39 is 5.54 Å². The number of aryl methyl sites for hydroxylation is 2. The van der Waals surface area contributed by atoms with Crippen molar-refractivity contribution in [1.29, 1.82) is 0 Å². The molecule has 0 radical (unpaired) electrons. The molecule has 2 rings (SSSR count). The zero-order valence-electron chi connectivity index (χ0n) is 12.7. The molecule has 1 aromatic heterocycles. The van der Waals surface area contributed by atoms with Crippen LogP contribution in [0.5, 0.6) is 0 Å². The molecular weight excluding hydrogens is 272 g/mol. The summed E-state index contributed by atoms with van der Waals surface area (Å²) >= 11 is 1.56. The Balaban J connectivity index is 2.05. The summed E-state index contributed by atoms with van der Waals surface area (Å²) in [6.45, 7) is 11.8. The summed E-state index contributed by atoms with van der Waals surface area (Å²) in [4.78, 5) is 20.4. The highest BCUT2D eigenvalue weighted by atomic mass is 32.1. The monoisotopic (exact) mass is 296 g/mol. The second-order valence-corrected chi connectivity index (χ2v) is 6.83. The molecule has 1 aromatic rings. The van der Waals surface area contributed by atoms with Crippen LogP contribution in [-0.4, -0.2) is 47.5 Å². The zero-order chi connectivity index (χ0) is 14.8. The summed E-state index contributed by atoms with van der Waals surface area (Å²) in [6, 6.07) is 0. The van der Waals surface area contributed by atoms with Crippen molar-refractivity contribution in [2.24, 2.45) is 0 Å². The Labute approximate surface area is 124 Å². The third kappa shape index (κ3) is 3.19. The van der Waals surface area contributed by atoms with Crippen molar-refractivity contribution in [1.82, 2.24) is 15.2 Å². The maximum absolute atomic E-state index is 12.5. The molecule has 0 atom stereocenters. The Morgan fingerprint density at radius 3 is 2.65 bits per heavy atom. The number of nitrogens with one attached hydrogen (secondary N) is 2. The van der Waals surface area contributed by atoms with Gasteiger partial charge >= 0.3 is 0 Å². The highest BCUT2D eigenvalue weighted by Gasteiger charge is 2.35. The molecule has 0 aromatic carbocycles.